The summed E-state index contributed by atoms with van der Waals surface area (Å²) in [6.45, 7) is 4.86. The van der Waals surface area contributed by atoms with E-state index in [2.05, 4.69) is 24.1 Å². The van der Waals surface area contributed by atoms with E-state index >= 15 is 0 Å². The van der Waals surface area contributed by atoms with Gasteiger partial charge in [-0.3, -0.25) is 14.4 Å². The first-order valence-corrected chi connectivity index (χ1v) is 10.7. The molecule has 0 unspecified atom stereocenters. The Labute approximate surface area is 182 Å². The van der Waals surface area contributed by atoms with Gasteiger partial charge in [0.1, 0.15) is 18.3 Å². The number of carbonyl (C=O) groups excluding carboxylic acids is 3. The molecular formula is C22H29N5O4. The summed E-state index contributed by atoms with van der Waals surface area (Å²) >= 11 is 0. The number of aromatic nitrogens is 1. The highest BCUT2D eigenvalue weighted by Gasteiger charge is 2.50. The molecule has 2 aliphatic rings. The van der Waals surface area contributed by atoms with Crippen molar-refractivity contribution in [2.75, 3.05) is 26.2 Å². The van der Waals surface area contributed by atoms with Gasteiger partial charge in [0.25, 0.3) is 5.91 Å². The minimum Gasteiger partial charge on any atom is -0.396 e. The number of hydrogen-bond donors (Lipinski definition) is 2. The number of nitriles is 1. The molecule has 0 radical (unpaired) electrons. The maximum absolute atomic E-state index is 13.1. The quantitative estimate of drug-likeness (QED) is 0.612. The molecule has 3 atom stereocenters. The molecule has 0 saturated carbocycles. The minimum absolute atomic E-state index is 0.00881. The molecule has 31 heavy (non-hydrogen) atoms. The van der Waals surface area contributed by atoms with E-state index in [1.165, 1.54) is 17.2 Å². The van der Waals surface area contributed by atoms with Gasteiger partial charge in [-0.2, -0.15) is 5.26 Å². The van der Waals surface area contributed by atoms with Crippen LogP contribution in [0.3, 0.4) is 0 Å². The highest BCUT2D eigenvalue weighted by atomic mass is 16.3. The van der Waals surface area contributed by atoms with Crippen molar-refractivity contribution in [2.45, 2.75) is 45.2 Å². The number of fused-ring (bicyclic) bond motifs is 1. The molecule has 3 heterocycles. The number of pyridine rings is 1. The Hall–Kier alpha value is -2.99. The zero-order valence-electron chi connectivity index (χ0n) is 18.0. The van der Waals surface area contributed by atoms with Crippen molar-refractivity contribution in [3.63, 3.8) is 0 Å². The Balaban J connectivity index is 1.76. The molecule has 9 nitrogen and oxygen atoms in total. The molecule has 0 aliphatic carbocycles. The second-order valence-corrected chi connectivity index (χ2v) is 8.59. The Kier molecular flexibility index (Phi) is 7.23. The van der Waals surface area contributed by atoms with Crippen LogP contribution in [-0.4, -0.2) is 75.9 Å². The van der Waals surface area contributed by atoms with Gasteiger partial charge in [-0.1, -0.05) is 13.8 Å². The lowest BCUT2D eigenvalue weighted by Gasteiger charge is -2.40. The van der Waals surface area contributed by atoms with Crippen LogP contribution in [0.4, 0.5) is 0 Å². The molecule has 2 aliphatic heterocycles. The van der Waals surface area contributed by atoms with E-state index in [1.807, 2.05) is 11.0 Å². The molecule has 166 valence electrons. The maximum atomic E-state index is 13.1. The van der Waals surface area contributed by atoms with Gasteiger partial charge in [0.2, 0.25) is 11.8 Å². The SMILES string of the molecule is CC(C)C[C@H]1[C@@H](C(=O)NCCCO)C[C@H]2CN(C(=O)c3ccc(C#N)nc3)CC(=O)N21. The molecule has 2 fully saturated rings. The van der Waals surface area contributed by atoms with Crippen LogP contribution >= 0.6 is 0 Å². The minimum atomic E-state index is -0.332. The Morgan fingerprint density at radius 2 is 2.16 bits per heavy atom. The maximum Gasteiger partial charge on any atom is 0.255 e. The lowest BCUT2D eigenvalue weighted by molar-refractivity contribution is -0.140. The van der Waals surface area contributed by atoms with E-state index in [9.17, 15) is 14.4 Å². The molecule has 0 spiro atoms. The summed E-state index contributed by atoms with van der Waals surface area (Å²) in [7, 11) is 0. The number of aliphatic hydroxyl groups excluding tert-OH is 1. The Morgan fingerprint density at radius 3 is 2.77 bits per heavy atom. The molecule has 2 saturated heterocycles. The first-order chi connectivity index (χ1) is 14.8. The van der Waals surface area contributed by atoms with Crippen molar-refractivity contribution in [3.8, 4) is 6.07 Å². The summed E-state index contributed by atoms with van der Waals surface area (Å²) in [5.41, 5.74) is 0.551. The fourth-order valence-corrected chi connectivity index (χ4v) is 4.53. The Morgan fingerprint density at radius 1 is 1.39 bits per heavy atom. The number of piperazine rings is 1. The number of aliphatic hydroxyl groups is 1. The fourth-order valence-electron chi connectivity index (χ4n) is 4.53. The average Bonchev–Trinajstić information content (AvgIpc) is 3.11. The monoisotopic (exact) mass is 427 g/mol. The molecule has 1 aromatic rings. The summed E-state index contributed by atoms with van der Waals surface area (Å²) in [6, 6.07) is 4.53. The fraction of sp³-hybridized carbons (Fsp3) is 0.591. The van der Waals surface area contributed by atoms with Crippen LogP contribution in [0.2, 0.25) is 0 Å². The summed E-state index contributed by atoms with van der Waals surface area (Å²) < 4.78 is 0. The van der Waals surface area contributed by atoms with Gasteiger partial charge in [0, 0.05) is 31.9 Å². The predicted molar refractivity (Wildman–Crippen MR) is 112 cm³/mol. The van der Waals surface area contributed by atoms with E-state index in [-0.39, 0.29) is 54.6 Å². The Bertz CT molecular complexity index is 864. The molecular weight excluding hydrogens is 398 g/mol. The largest absolute Gasteiger partial charge is 0.396 e. The molecule has 1 aromatic heterocycles. The van der Waals surface area contributed by atoms with Crippen LogP contribution < -0.4 is 5.32 Å². The number of amides is 3. The predicted octanol–water partition coefficient (Wildman–Crippen LogP) is 0.539. The molecule has 3 amide bonds. The zero-order chi connectivity index (χ0) is 22.5. The van der Waals surface area contributed by atoms with Crippen molar-refractivity contribution < 1.29 is 19.5 Å². The third kappa shape index (κ3) is 5.02. The van der Waals surface area contributed by atoms with Crippen LogP contribution in [-0.2, 0) is 9.59 Å². The summed E-state index contributed by atoms with van der Waals surface area (Å²) in [5.74, 6) is -0.574. The van der Waals surface area contributed by atoms with Crippen molar-refractivity contribution in [1.29, 1.82) is 5.26 Å². The summed E-state index contributed by atoms with van der Waals surface area (Å²) in [6.07, 6.45) is 3.06. The highest BCUT2D eigenvalue weighted by molar-refractivity contribution is 5.97. The highest BCUT2D eigenvalue weighted by Crippen LogP contribution is 2.36. The third-order valence-electron chi connectivity index (χ3n) is 5.88. The van der Waals surface area contributed by atoms with Gasteiger partial charge in [0.05, 0.1) is 17.5 Å². The van der Waals surface area contributed by atoms with E-state index < -0.39 is 0 Å². The topological polar surface area (TPSA) is 127 Å². The third-order valence-corrected chi connectivity index (χ3v) is 5.88. The van der Waals surface area contributed by atoms with Gasteiger partial charge in [-0.05, 0) is 37.3 Å². The van der Waals surface area contributed by atoms with E-state index in [1.54, 1.807) is 6.07 Å². The van der Waals surface area contributed by atoms with Gasteiger partial charge in [-0.15, -0.1) is 0 Å². The van der Waals surface area contributed by atoms with Crippen LogP contribution in [0.1, 0.15) is 49.2 Å². The van der Waals surface area contributed by atoms with Gasteiger partial charge >= 0.3 is 0 Å². The lowest BCUT2D eigenvalue weighted by atomic mass is 9.91. The van der Waals surface area contributed by atoms with Crippen molar-refractivity contribution in [3.05, 3.63) is 29.6 Å². The number of carbonyl (C=O) groups is 3. The second-order valence-electron chi connectivity index (χ2n) is 8.59. The molecule has 2 N–H and O–H groups in total. The first kappa shape index (κ1) is 22.7. The first-order valence-electron chi connectivity index (χ1n) is 10.7. The van der Waals surface area contributed by atoms with Crippen LogP contribution in [0.5, 0.6) is 0 Å². The van der Waals surface area contributed by atoms with E-state index in [4.69, 9.17) is 10.4 Å². The average molecular weight is 428 g/mol. The van der Waals surface area contributed by atoms with E-state index in [0.717, 1.165) is 0 Å². The van der Waals surface area contributed by atoms with Gasteiger partial charge in [0.15, 0.2) is 0 Å². The zero-order valence-corrected chi connectivity index (χ0v) is 18.0. The van der Waals surface area contributed by atoms with Gasteiger partial charge in [-0.25, -0.2) is 4.98 Å². The van der Waals surface area contributed by atoms with Crippen LogP contribution in [0, 0.1) is 23.2 Å². The van der Waals surface area contributed by atoms with Crippen LogP contribution in [0.15, 0.2) is 18.3 Å². The molecule has 3 rings (SSSR count). The van der Waals surface area contributed by atoms with Crippen molar-refractivity contribution in [2.24, 2.45) is 11.8 Å². The number of nitrogens with zero attached hydrogens (tertiary/aromatic N) is 4. The van der Waals surface area contributed by atoms with Crippen LogP contribution in [0.25, 0.3) is 0 Å². The van der Waals surface area contributed by atoms with Crippen molar-refractivity contribution in [1.82, 2.24) is 20.1 Å². The lowest BCUT2D eigenvalue weighted by Crippen LogP contribution is -2.58. The summed E-state index contributed by atoms with van der Waals surface area (Å²) in [5, 5.41) is 20.7. The smallest absolute Gasteiger partial charge is 0.255 e. The number of rotatable bonds is 7. The van der Waals surface area contributed by atoms with Gasteiger partial charge < -0.3 is 20.2 Å². The second kappa shape index (κ2) is 9.88. The standard InChI is InChI=1S/C22H29N5O4/c1-14(2)8-19-18(21(30)24-6-3-7-28)9-17-12-26(13-20(29)27(17)19)22(31)15-4-5-16(10-23)25-11-15/h4-5,11,14,17-19,28H,3,6-9,12-13H2,1-2H3,(H,24,30)/t17-,18-,19-/m0/s1. The number of hydrogen-bond acceptors (Lipinski definition) is 6. The normalized spacial score (nSPS) is 22.9. The summed E-state index contributed by atoms with van der Waals surface area (Å²) in [4.78, 5) is 46.0. The molecule has 0 aromatic carbocycles. The van der Waals surface area contributed by atoms with E-state index in [0.29, 0.717) is 43.8 Å². The number of nitrogens with one attached hydrogen (secondary N) is 1. The van der Waals surface area contributed by atoms with Crippen molar-refractivity contribution >= 4 is 17.7 Å². The molecule has 0 bridgehead atoms. The molecule has 9 heteroatoms.